The van der Waals surface area contributed by atoms with Crippen LogP contribution in [0.4, 0.5) is 5.82 Å². The Bertz CT molecular complexity index is 605. The molecule has 0 bridgehead atoms. The van der Waals surface area contributed by atoms with E-state index < -0.39 is 5.97 Å². The largest absolute Gasteiger partial charge is 0.480 e. The molecule has 19 heavy (non-hydrogen) atoms. The number of benzene rings is 1. The van der Waals surface area contributed by atoms with Crippen LogP contribution in [-0.4, -0.2) is 33.1 Å². The average Bonchev–Trinajstić information content (AvgIpc) is 2.34. The van der Waals surface area contributed by atoms with Crippen molar-refractivity contribution >= 4 is 22.8 Å². The zero-order valence-electron chi connectivity index (χ0n) is 11.3. The maximum absolute atomic E-state index is 11.0. The fourth-order valence-electron chi connectivity index (χ4n) is 1.87. The van der Waals surface area contributed by atoms with E-state index in [9.17, 15) is 4.79 Å². The van der Waals surface area contributed by atoms with E-state index in [-0.39, 0.29) is 12.1 Å². The molecule has 0 aliphatic rings. The first-order valence-corrected chi connectivity index (χ1v) is 6.09. The van der Waals surface area contributed by atoms with Crippen molar-refractivity contribution in [3.63, 3.8) is 0 Å². The summed E-state index contributed by atoms with van der Waals surface area (Å²) in [6.07, 6.45) is 1.62. The van der Waals surface area contributed by atoms with Gasteiger partial charge in [-0.05, 0) is 32.9 Å². The van der Waals surface area contributed by atoms with Gasteiger partial charge in [0, 0.05) is 5.54 Å². The van der Waals surface area contributed by atoms with Crippen LogP contribution >= 0.6 is 0 Å². The van der Waals surface area contributed by atoms with Crippen molar-refractivity contribution in [3.05, 3.63) is 30.5 Å². The average molecular weight is 259 g/mol. The minimum Gasteiger partial charge on any atom is -0.480 e. The van der Waals surface area contributed by atoms with Crippen molar-refractivity contribution in [1.29, 1.82) is 0 Å². The standard InChI is InChI=1S/C14H17N3O2/c1-14(2,3)17(9-13(18)19)12-8-15-10-6-4-5-7-11(10)16-12/h4-8H,9H2,1-3H3,(H,18,19). The number of hydrogen-bond acceptors (Lipinski definition) is 4. The smallest absolute Gasteiger partial charge is 0.323 e. The highest BCUT2D eigenvalue weighted by Gasteiger charge is 2.25. The predicted octanol–water partition coefficient (Wildman–Crippen LogP) is 2.32. The van der Waals surface area contributed by atoms with Gasteiger partial charge in [0.15, 0.2) is 0 Å². The molecule has 0 atom stereocenters. The van der Waals surface area contributed by atoms with E-state index in [2.05, 4.69) is 9.97 Å². The number of aliphatic carboxylic acids is 1. The number of hydrogen-bond donors (Lipinski definition) is 1. The fraction of sp³-hybridized carbons (Fsp3) is 0.357. The Morgan fingerprint density at radius 2 is 1.89 bits per heavy atom. The number of fused-ring (bicyclic) bond motifs is 1. The van der Waals surface area contributed by atoms with E-state index in [1.807, 2.05) is 45.0 Å². The number of aromatic nitrogens is 2. The lowest BCUT2D eigenvalue weighted by atomic mass is 10.1. The predicted molar refractivity (Wildman–Crippen MR) is 74.3 cm³/mol. The molecule has 0 unspecified atom stereocenters. The van der Waals surface area contributed by atoms with Gasteiger partial charge >= 0.3 is 5.97 Å². The number of anilines is 1. The third kappa shape index (κ3) is 2.99. The second-order valence-corrected chi connectivity index (χ2v) is 5.37. The molecule has 5 heteroatoms. The van der Waals surface area contributed by atoms with Gasteiger partial charge in [0.2, 0.25) is 0 Å². The first kappa shape index (κ1) is 13.3. The Kier molecular flexibility index (Phi) is 3.38. The maximum Gasteiger partial charge on any atom is 0.323 e. The van der Waals surface area contributed by atoms with E-state index in [0.717, 1.165) is 11.0 Å². The Morgan fingerprint density at radius 3 is 2.47 bits per heavy atom. The molecule has 0 amide bonds. The molecule has 2 rings (SSSR count). The zero-order chi connectivity index (χ0) is 14.0. The monoisotopic (exact) mass is 259 g/mol. The summed E-state index contributed by atoms with van der Waals surface area (Å²) in [4.78, 5) is 21.6. The first-order chi connectivity index (χ1) is 8.88. The Balaban J connectivity index is 2.46. The van der Waals surface area contributed by atoms with E-state index in [1.165, 1.54) is 0 Å². The van der Waals surface area contributed by atoms with Gasteiger partial charge in [-0.15, -0.1) is 0 Å². The topological polar surface area (TPSA) is 66.3 Å². The molecule has 0 aliphatic carbocycles. The molecule has 0 spiro atoms. The number of rotatable bonds is 3. The molecule has 1 aromatic heterocycles. The molecule has 0 saturated heterocycles. The molecular weight excluding hydrogens is 242 g/mol. The highest BCUT2D eigenvalue weighted by Crippen LogP contribution is 2.22. The number of carboxylic acid groups (broad SMARTS) is 1. The molecule has 1 heterocycles. The van der Waals surface area contributed by atoms with Crippen molar-refractivity contribution in [2.24, 2.45) is 0 Å². The molecule has 0 radical (unpaired) electrons. The Hall–Kier alpha value is -2.17. The summed E-state index contributed by atoms with van der Waals surface area (Å²) in [6, 6.07) is 7.53. The van der Waals surface area contributed by atoms with Crippen LogP contribution in [0.3, 0.4) is 0 Å². The van der Waals surface area contributed by atoms with Crippen molar-refractivity contribution in [2.75, 3.05) is 11.4 Å². The fourth-order valence-corrected chi connectivity index (χ4v) is 1.87. The minimum absolute atomic E-state index is 0.101. The molecule has 0 saturated carbocycles. The van der Waals surface area contributed by atoms with Gasteiger partial charge in [-0.2, -0.15) is 0 Å². The Morgan fingerprint density at radius 1 is 1.26 bits per heavy atom. The van der Waals surface area contributed by atoms with Crippen LogP contribution in [0.25, 0.3) is 11.0 Å². The van der Waals surface area contributed by atoms with E-state index in [0.29, 0.717) is 5.82 Å². The summed E-state index contributed by atoms with van der Waals surface area (Å²) in [5.41, 5.74) is 1.23. The summed E-state index contributed by atoms with van der Waals surface area (Å²) in [6.45, 7) is 5.75. The van der Waals surface area contributed by atoms with Gasteiger partial charge in [0.05, 0.1) is 17.2 Å². The maximum atomic E-state index is 11.0. The lowest BCUT2D eigenvalue weighted by molar-refractivity contribution is -0.135. The van der Waals surface area contributed by atoms with Crippen LogP contribution in [0, 0.1) is 0 Å². The number of nitrogens with zero attached hydrogens (tertiary/aromatic N) is 3. The summed E-state index contributed by atoms with van der Waals surface area (Å²) in [5.74, 6) is -0.307. The van der Waals surface area contributed by atoms with E-state index in [4.69, 9.17) is 5.11 Å². The second kappa shape index (κ2) is 4.84. The van der Waals surface area contributed by atoms with Crippen LogP contribution in [-0.2, 0) is 4.79 Å². The van der Waals surface area contributed by atoms with Crippen LogP contribution in [0.1, 0.15) is 20.8 Å². The molecular formula is C14H17N3O2. The third-order valence-electron chi connectivity index (χ3n) is 2.82. The summed E-state index contributed by atoms with van der Waals surface area (Å²) >= 11 is 0. The minimum atomic E-state index is -0.884. The SMILES string of the molecule is CC(C)(C)N(CC(=O)O)c1cnc2ccccc2n1. The molecule has 5 nitrogen and oxygen atoms in total. The molecule has 0 aliphatic heterocycles. The Labute approximate surface area is 111 Å². The number of para-hydroxylation sites is 2. The van der Waals surface area contributed by atoms with Crippen molar-refractivity contribution < 1.29 is 9.90 Å². The highest BCUT2D eigenvalue weighted by atomic mass is 16.4. The van der Waals surface area contributed by atoms with Gasteiger partial charge in [0.1, 0.15) is 12.4 Å². The lowest BCUT2D eigenvalue weighted by Crippen LogP contribution is -2.45. The molecule has 2 aromatic rings. The molecule has 1 N–H and O–H groups in total. The zero-order valence-corrected chi connectivity index (χ0v) is 11.3. The van der Waals surface area contributed by atoms with Crippen molar-refractivity contribution in [3.8, 4) is 0 Å². The number of carboxylic acids is 1. The van der Waals surface area contributed by atoms with Gasteiger partial charge in [0.25, 0.3) is 0 Å². The summed E-state index contributed by atoms with van der Waals surface area (Å²) in [5, 5.41) is 9.03. The molecule has 1 aromatic carbocycles. The van der Waals surface area contributed by atoms with Crippen LogP contribution in [0.2, 0.25) is 0 Å². The molecule has 100 valence electrons. The van der Waals surface area contributed by atoms with Crippen LogP contribution in [0.15, 0.2) is 30.5 Å². The second-order valence-electron chi connectivity index (χ2n) is 5.37. The van der Waals surface area contributed by atoms with E-state index >= 15 is 0 Å². The van der Waals surface area contributed by atoms with Gasteiger partial charge < -0.3 is 10.0 Å². The summed E-state index contributed by atoms with van der Waals surface area (Å²) < 4.78 is 0. The van der Waals surface area contributed by atoms with Crippen molar-refractivity contribution in [2.45, 2.75) is 26.3 Å². The normalized spacial score (nSPS) is 11.5. The lowest BCUT2D eigenvalue weighted by Gasteiger charge is -2.35. The van der Waals surface area contributed by atoms with Crippen LogP contribution in [0.5, 0.6) is 0 Å². The first-order valence-electron chi connectivity index (χ1n) is 6.09. The van der Waals surface area contributed by atoms with Gasteiger partial charge in [-0.25, -0.2) is 4.98 Å². The van der Waals surface area contributed by atoms with E-state index in [1.54, 1.807) is 11.1 Å². The number of carbonyl (C=O) groups is 1. The highest BCUT2D eigenvalue weighted by molar-refractivity contribution is 5.77. The molecule has 0 fully saturated rings. The van der Waals surface area contributed by atoms with Crippen molar-refractivity contribution in [1.82, 2.24) is 9.97 Å². The van der Waals surface area contributed by atoms with Gasteiger partial charge in [-0.3, -0.25) is 9.78 Å². The summed E-state index contributed by atoms with van der Waals surface area (Å²) in [7, 11) is 0. The quantitative estimate of drug-likeness (QED) is 0.916. The van der Waals surface area contributed by atoms with Crippen LogP contribution < -0.4 is 4.90 Å². The third-order valence-corrected chi connectivity index (χ3v) is 2.82. The van der Waals surface area contributed by atoms with Gasteiger partial charge in [-0.1, -0.05) is 12.1 Å².